The largest absolute Gasteiger partial charge is 0.246 e. The second kappa shape index (κ2) is 11.9. The van der Waals surface area contributed by atoms with Gasteiger partial charge in [-0.1, -0.05) is 166 Å². The Kier molecular flexibility index (Phi) is 7.02. The van der Waals surface area contributed by atoms with Crippen molar-refractivity contribution >= 4 is 31.6 Å². The Morgan fingerprint density at radius 1 is 0.481 bits per heavy atom. The summed E-state index contributed by atoms with van der Waals surface area (Å²) in [6, 6.07) is 57.8. The molecule has 1 aliphatic carbocycles. The van der Waals surface area contributed by atoms with Gasteiger partial charge >= 0.3 is 0 Å². The highest BCUT2D eigenvalue weighted by Gasteiger charge is 2.40. The van der Waals surface area contributed by atoms with Crippen molar-refractivity contribution in [1.82, 2.24) is 15.0 Å². The Morgan fingerprint density at radius 2 is 1.02 bits per heavy atom. The molecular weight excluding hydrogens is 651 g/mol. The number of fused-ring (bicyclic) bond motifs is 7. The molecule has 0 saturated heterocycles. The molecule has 0 aliphatic heterocycles. The van der Waals surface area contributed by atoms with Crippen molar-refractivity contribution in [2.24, 2.45) is 0 Å². The predicted octanol–water partition coefficient (Wildman–Crippen LogP) is 12.9. The molecule has 3 heterocycles. The summed E-state index contributed by atoms with van der Waals surface area (Å²) in [5, 5.41) is 1.22. The highest BCUT2D eigenvalue weighted by atomic mass is 32.1. The first-order valence-electron chi connectivity index (χ1n) is 17.7. The summed E-state index contributed by atoms with van der Waals surface area (Å²) in [6.45, 7) is 4.69. The van der Waals surface area contributed by atoms with E-state index < -0.39 is 0 Å². The third kappa shape index (κ3) is 4.90. The van der Waals surface area contributed by atoms with E-state index in [0.717, 1.165) is 56.0 Å². The van der Waals surface area contributed by atoms with E-state index in [9.17, 15) is 0 Å². The smallest absolute Gasteiger partial charge is 0.160 e. The monoisotopic (exact) mass is 683 g/mol. The van der Waals surface area contributed by atoms with Crippen LogP contribution in [0.1, 0.15) is 25.0 Å². The standard InChI is InChI=1S/C48H33N3S/c1-48(2)38-19-11-9-17-36(38)42-43(48)44(51-45-37-18-10-12-20-41(37)52-46(42)45)34-25-21-30(22-26-34)31-23-27-35(28-24-31)47-49-39(32-13-5-3-6-14-32)29-40(50-47)33-15-7-4-8-16-33/h3-29H,1-2H3. The molecule has 3 aromatic heterocycles. The SMILES string of the molecule is CC1(C)c2ccccc2-c2c1c(-c1ccc(-c3ccc(-c4nc(-c5ccccc5)cc(-c5ccccc5)n4)cc3)cc1)nc1c2sc2ccccc21. The molecule has 9 aromatic rings. The summed E-state index contributed by atoms with van der Waals surface area (Å²) >= 11 is 1.86. The van der Waals surface area contributed by atoms with Crippen LogP contribution < -0.4 is 0 Å². The van der Waals surface area contributed by atoms with Crippen LogP contribution in [0.25, 0.3) is 87.7 Å². The molecule has 246 valence electrons. The molecular formula is C48H33N3S. The molecule has 6 aromatic carbocycles. The van der Waals surface area contributed by atoms with E-state index in [1.54, 1.807) is 0 Å². The van der Waals surface area contributed by atoms with Gasteiger partial charge in [0.05, 0.1) is 27.3 Å². The Hall–Kier alpha value is -6.23. The Morgan fingerprint density at radius 3 is 1.67 bits per heavy atom. The number of benzene rings is 6. The quantitative estimate of drug-likeness (QED) is 0.181. The predicted molar refractivity (Wildman–Crippen MR) is 217 cm³/mol. The molecule has 3 nitrogen and oxygen atoms in total. The number of hydrogen-bond acceptors (Lipinski definition) is 4. The van der Waals surface area contributed by atoms with Gasteiger partial charge in [0, 0.05) is 43.3 Å². The lowest BCUT2D eigenvalue weighted by Crippen LogP contribution is -2.17. The molecule has 0 radical (unpaired) electrons. The fourth-order valence-electron chi connectivity index (χ4n) is 7.89. The molecule has 0 bridgehead atoms. The van der Waals surface area contributed by atoms with Crippen LogP contribution in [-0.4, -0.2) is 15.0 Å². The maximum atomic E-state index is 5.49. The zero-order valence-corrected chi connectivity index (χ0v) is 29.7. The van der Waals surface area contributed by atoms with Crippen LogP contribution in [0, 0.1) is 0 Å². The number of nitrogens with zero attached hydrogens (tertiary/aromatic N) is 3. The van der Waals surface area contributed by atoms with E-state index >= 15 is 0 Å². The van der Waals surface area contributed by atoms with Gasteiger partial charge < -0.3 is 0 Å². The van der Waals surface area contributed by atoms with E-state index in [1.165, 1.54) is 37.0 Å². The van der Waals surface area contributed by atoms with Crippen molar-refractivity contribution in [3.63, 3.8) is 0 Å². The third-order valence-corrected chi connectivity index (χ3v) is 11.7. The van der Waals surface area contributed by atoms with Crippen molar-refractivity contribution in [3.05, 3.63) is 175 Å². The number of aromatic nitrogens is 3. The van der Waals surface area contributed by atoms with E-state index in [-0.39, 0.29) is 5.41 Å². The van der Waals surface area contributed by atoms with Crippen LogP contribution >= 0.6 is 11.3 Å². The van der Waals surface area contributed by atoms with Crippen molar-refractivity contribution in [2.45, 2.75) is 19.3 Å². The van der Waals surface area contributed by atoms with Gasteiger partial charge in [0.25, 0.3) is 0 Å². The minimum absolute atomic E-state index is 0.173. The second-order valence-electron chi connectivity index (χ2n) is 14.0. The van der Waals surface area contributed by atoms with E-state index in [0.29, 0.717) is 5.82 Å². The topological polar surface area (TPSA) is 38.7 Å². The average Bonchev–Trinajstić information content (AvgIpc) is 3.70. The Labute approximate surface area is 307 Å². The summed E-state index contributed by atoms with van der Waals surface area (Å²) < 4.78 is 2.56. The van der Waals surface area contributed by atoms with Crippen molar-refractivity contribution in [2.75, 3.05) is 0 Å². The van der Waals surface area contributed by atoms with Crippen molar-refractivity contribution in [3.8, 4) is 67.4 Å². The van der Waals surface area contributed by atoms with Crippen LogP contribution in [0.15, 0.2) is 164 Å². The fourth-order valence-corrected chi connectivity index (χ4v) is 9.10. The molecule has 52 heavy (non-hydrogen) atoms. The lowest BCUT2D eigenvalue weighted by molar-refractivity contribution is 0.660. The summed E-state index contributed by atoms with van der Waals surface area (Å²) in [5.41, 5.74) is 15.7. The maximum absolute atomic E-state index is 5.49. The lowest BCUT2D eigenvalue weighted by atomic mass is 9.80. The van der Waals surface area contributed by atoms with Gasteiger partial charge in [0.2, 0.25) is 0 Å². The number of rotatable bonds is 5. The van der Waals surface area contributed by atoms with Gasteiger partial charge in [0.1, 0.15) is 0 Å². The van der Waals surface area contributed by atoms with Gasteiger partial charge in [0.15, 0.2) is 5.82 Å². The molecule has 0 atom stereocenters. The Balaban J connectivity index is 1.04. The first-order chi connectivity index (χ1) is 25.5. The highest BCUT2D eigenvalue weighted by molar-refractivity contribution is 7.26. The summed E-state index contributed by atoms with van der Waals surface area (Å²) in [6.07, 6.45) is 0. The zero-order chi connectivity index (χ0) is 34.8. The van der Waals surface area contributed by atoms with Gasteiger partial charge in [-0.2, -0.15) is 0 Å². The van der Waals surface area contributed by atoms with Gasteiger partial charge in [-0.25, -0.2) is 15.0 Å². The fraction of sp³-hybridized carbons (Fsp3) is 0.0625. The van der Waals surface area contributed by atoms with Crippen LogP contribution in [-0.2, 0) is 5.41 Å². The van der Waals surface area contributed by atoms with Crippen LogP contribution in [0.5, 0.6) is 0 Å². The Bertz CT molecular complexity index is 2720. The van der Waals surface area contributed by atoms with Gasteiger partial charge in [-0.3, -0.25) is 0 Å². The molecule has 10 rings (SSSR count). The highest BCUT2D eigenvalue weighted by Crippen LogP contribution is 2.56. The van der Waals surface area contributed by atoms with Crippen LogP contribution in [0.2, 0.25) is 0 Å². The second-order valence-corrected chi connectivity index (χ2v) is 15.1. The average molecular weight is 684 g/mol. The van der Waals surface area contributed by atoms with Crippen molar-refractivity contribution in [1.29, 1.82) is 0 Å². The van der Waals surface area contributed by atoms with E-state index in [2.05, 4.69) is 141 Å². The molecule has 0 amide bonds. The van der Waals surface area contributed by atoms with Gasteiger partial charge in [-0.05, 0) is 39.9 Å². The normalized spacial score (nSPS) is 13.0. The molecule has 1 aliphatic rings. The minimum Gasteiger partial charge on any atom is -0.246 e. The summed E-state index contributed by atoms with van der Waals surface area (Å²) in [4.78, 5) is 15.5. The zero-order valence-electron chi connectivity index (χ0n) is 28.8. The molecule has 0 unspecified atom stereocenters. The number of pyridine rings is 1. The lowest BCUT2D eigenvalue weighted by Gasteiger charge is -2.24. The van der Waals surface area contributed by atoms with Crippen molar-refractivity contribution < 1.29 is 0 Å². The van der Waals surface area contributed by atoms with Gasteiger partial charge in [-0.15, -0.1) is 11.3 Å². The molecule has 0 N–H and O–H groups in total. The first kappa shape index (κ1) is 30.6. The van der Waals surface area contributed by atoms with E-state index in [1.807, 2.05) is 47.7 Å². The van der Waals surface area contributed by atoms with Crippen LogP contribution in [0.3, 0.4) is 0 Å². The molecule has 0 spiro atoms. The first-order valence-corrected chi connectivity index (χ1v) is 18.5. The third-order valence-electron chi connectivity index (χ3n) is 10.5. The maximum Gasteiger partial charge on any atom is 0.160 e. The minimum atomic E-state index is -0.173. The number of hydrogen-bond donors (Lipinski definition) is 0. The van der Waals surface area contributed by atoms with Crippen LogP contribution in [0.4, 0.5) is 0 Å². The van der Waals surface area contributed by atoms with E-state index in [4.69, 9.17) is 15.0 Å². The molecule has 0 saturated carbocycles. The molecule has 0 fully saturated rings. The summed E-state index contributed by atoms with van der Waals surface area (Å²) in [5.74, 6) is 0.710. The molecule has 4 heteroatoms. The number of thiophene rings is 1. The summed E-state index contributed by atoms with van der Waals surface area (Å²) in [7, 11) is 0.